The molecule has 0 saturated carbocycles. The molecule has 0 aliphatic carbocycles. The van der Waals surface area contributed by atoms with Gasteiger partial charge in [0.15, 0.2) is 0 Å². The van der Waals surface area contributed by atoms with E-state index in [4.69, 9.17) is 4.74 Å². The average molecular weight is 358 g/mol. The van der Waals surface area contributed by atoms with E-state index in [9.17, 15) is 10.4 Å². The number of hydrogen-bond acceptors (Lipinski definition) is 4. The molecule has 2 N–H and O–H groups in total. The van der Waals surface area contributed by atoms with Gasteiger partial charge in [-0.2, -0.15) is 5.26 Å². The van der Waals surface area contributed by atoms with Crippen LogP contribution in [0.5, 0.6) is 5.75 Å². The number of nitrogens with one attached hydrogen (secondary N) is 1. The zero-order valence-corrected chi connectivity index (χ0v) is 15.0. The molecule has 0 amide bonds. The molecular formula is C23H22N2O2. The molecule has 0 saturated heterocycles. The van der Waals surface area contributed by atoms with Gasteiger partial charge in [-0.15, -0.1) is 0 Å². The zero-order chi connectivity index (χ0) is 18.9. The van der Waals surface area contributed by atoms with Crippen LogP contribution in [0.4, 0.5) is 0 Å². The predicted molar refractivity (Wildman–Crippen MR) is 105 cm³/mol. The van der Waals surface area contributed by atoms with Crippen molar-refractivity contribution < 1.29 is 9.84 Å². The van der Waals surface area contributed by atoms with Crippen molar-refractivity contribution in [2.24, 2.45) is 0 Å². The summed E-state index contributed by atoms with van der Waals surface area (Å²) in [7, 11) is 0. The number of nitrogens with zero attached hydrogens (tertiary/aromatic N) is 1. The van der Waals surface area contributed by atoms with Crippen LogP contribution in [-0.2, 0) is 6.61 Å². The van der Waals surface area contributed by atoms with Crippen molar-refractivity contribution in [3.63, 3.8) is 0 Å². The fraction of sp³-hybridized carbons (Fsp3) is 0.174. The first-order valence-corrected chi connectivity index (χ1v) is 8.88. The summed E-state index contributed by atoms with van der Waals surface area (Å²) >= 11 is 0. The number of ether oxygens (including phenoxy) is 1. The van der Waals surface area contributed by atoms with E-state index < -0.39 is 6.04 Å². The van der Waals surface area contributed by atoms with Gasteiger partial charge in [-0.3, -0.25) is 5.32 Å². The average Bonchev–Trinajstić information content (AvgIpc) is 2.75. The third kappa shape index (κ3) is 5.18. The second kappa shape index (κ2) is 9.54. The maximum atomic E-state index is 9.70. The van der Waals surface area contributed by atoms with Crippen LogP contribution >= 0.6 is 0 Å². The van der Waals surface area contributed by atoms with Crippen molar-refractivity contribution in [2.75, 3.05) is 6.61 Å². The van der Waals surface area contributed by atoms with Gasteiger partial charge in [-0.1, -0.05) is 72.8 Å². The lowest BCUT2D eigenvalue weighted by Gasteiger charge is -2.21. The van der Waals surface area contributed by atoms with E-state index in [2.05, 4.69) is 11.4 Å². The molecule has 0 bridgehead atoms. The number of aliphatic hydroxyl groups excluding tert-OH is 1. The Hall–Kier alpha value is -3.13. The molecule has 0 unspecified atom stereocenters. The molecule has 0 spiro atoms. The molecule has 3 aromatic rings. The Labute approximate surface area is 159 Å². The summed E-state index contributed by atoms with van der Waals surface area (Å²) in [5.74, 6) is 0.751. The summed E-state index contributed by atoms with van der Waals surface area (Å²) in [6.45, 7) is 0.418. The van der Waals surface area contributed by atoms with Crippen molar-refractivity contribution in [3.05, 3.63) is 102 Å². The summed E-state index contributed by atoms with van der Waals surface area (Å²) in [5.41, 5.74) is 2.88. The molecule has 0 fully saturated rings. The number of aliphatic hydroxyl groups is 1. The van der Waals surface area contributed by atoms with Crippen LogP contribution in [0.2, 0.25) is 0 Å². The van der Waals surface area contributed by atoms with Gasteiger partial charge in [-0.25, -0.2) is 0 Å². The highest BCUT2D eigenvalue weighted by molar-refractivity contribution is 5.32. The fourth-order valence-corrected chi connectivity index (χ4v) is 2.85. The molecule has 27 heavy (non-hydrogen) atoms. The lowest BCUT2D eigenvalue weighted by molar-refractivity contribution is 0.239. The third-order valence-electron chi connectivity index (χ3n) is 4.34. The van der Waals surface area contributed by atoms with Crippen molar-refractivity contribution in [1.29, 1.82) is 5.26 Å². The molecule has 4 heteroatoms. The fourth-order valence-electron chi connectivity index (χ4n) is 2.85. The largest absolute Gasteiger partial charge is 0.489 e. The quantitative estimate of drug-likeness (QED) is 0.635. The molecule has 0 radical (unpaired) electrons. The lowest BCUT2D eigenvalue weighted by atomic mass is 10.0. The lowest BCUT2D eigenvalue weighted by Crippen LogP contribution is -2.28. The van der Waals surface area contributed by atoms with Crippen molar-refractivity contribution in [1.82, 2.24) is 5.32 Å². The van der Waals surface area contributed by atoms with Crippen LogP contribution in [0.1, 0.15) is 28.8 Å². The maximum Gasteiger partial charge on any atom is 0.121 e. The number of benzene rings is 3. The van der Waals surface area contributed by atoms with E-state index in [1.165, 1.54) is 0 Å². The standard InChI is InChI=1S/C23H22N2O2/c24-15-22(25-23(16-26)19-9-5-2-6-10-19)20-11-13-21(14-12-20)27-17-18-7-3-1-4-8-18/h1-14,22-23,25-26H,16-17H2/t22-,23+/m1/s1. The van der Waals surface area contributed by atoms with E-state index in [0.717, 1.165) is 22.4 Å². The number of hydrogen-bond donors (Lipinski definition) is 2. The summed E-state index contributed by atoms with van der Waals surface area (Å²) in [6.07, 6.45) is 0. The van der Waals surface area contributed by atoms with Crippen LogP contribution in [0.3, 0.4) is 0 Å². The Balaban J connectivity index is 1.64. The normalized spacial score (nSPS) is 12.7. The maximum absolute atomic E-state index is 9.70. The Bertz CT molecular complexity index is 858. The van der Waals surface area contributed by atoms with Crippen LogP contribution in [0.15, 0.2) is 84.9 Å². The Morgan fingerprint density at radius 1 is 0.852 bits per heavy atom. The Morgan fingerprint density at radius 3 is 2.07 bits per heavy atom. The highest BCUT2D eigenvalue weighted by atomic mass is 16.5. The second-order valence-electron chi connectivity index (χ2n) is 6.22. The van der Waals surface area contributed by atoms with Gasteiger partial charge in [0.25, 0.3) is 0 Å². The summed E-state index contributed by atoms with van der Waals surface area (Å²) in [6, 6.07) is 28.5. The van der Waals surface area contributed by atoms with Gasteiger partial charge in [0.1, 0.15) is 18.4 Å². The van der Waals surface area contributed by atoms with Gasteiger partial charge in [0, 0.05) is 0 Å². The topological polar surface area (TPSA) is 65.3 Å². The van der Waals surface area contributed by atoms with Gasteiger partial charge in [0.2, 0.25) is 0 Å². The minimum absolute atomic E-state index is 0.0829. The summed E-state index contributed by atoms with van der Waals surface area (Å²) in [5, 5.41) is 22.5. The molecule has 3 rings (SSSR count). The van der Waals surface area contributed by atoms with E-state index >= 15 is 0 Å². The Morgan fingerprint density at radius 2 is 1.48 bits per heavy atom. The first kappa shape index (κ1) is 18.7. The molecule has 0 aromatic heterocycles. The molecule has 0 aliphatic heterocycles. The van der Waals surface area contributed by atoms with E-state index in [1.807, 2.05) is 84.9 Å². The third-order valence-corrected chi connectivity index (χ3v) is 4.34. The highest BCUT2D eigenvalue weighted by Gasteiger charge is 2.17. The number of rotatable bonds is 8. The first-order chi connectivity index (χ1) is 13.3. The van der Waals surface area contributed by atoms with Crippen molar-refractivity contribution in [3.8, 4) is 11.8 Å². The van der Waals surface area contributed by atoms with E-state index in [0.29, 0.717) is 6.61 Å². The molecule has 4 nitrogen and oxygen atoms in total. The molecule has 2 atom stereocenters. The van der Waals surface area contributed by atoms with Crippen LogP contribution in [0, 0.1) is 11.3 Å². The minimum Gasteiger partial charge on any atom is -0.489 e. The highest BCUT2D eigenvalue weighted by Crippen LogP contribution is 2.22. The summed E-state index contributed by atoms with van der Waals surface area (Å²) in [4.78, 5) is 0. The van der Waals surface area contributed by atoms with Gasteiger partial charge < -0.3 is 9.84 Å². The molecule has 136 valence electrons. The van der Waals surface area contributed by atoms with Crippen molar-refractivity contribution >= 4 is 0 Å². The second-order valence-corrected chi connectivity index (χ2v) is 6.22. The number of nitriles is 1. The first-order valence-electron chi connectivity index (χ1n) is 8.88. The summed E-state index contributed by atoms with van der Waals surface area (Å²) < 4.78 is 5.79. The molecular weight excluding hydrogens is 336 g/mol. The Kier molecular flexibility index (Phi) is 6.59. The van der Waals surface area contributed by atoms with Gasteiger partial charge in [-0.05, 0) is 28.8 Å². The smallest absolute Gasteiger partial charge is 0.121 e. The zero-order valence-electron chi connectivity index (χ0n) is 15.0. The molecule has 0 heterocycles. The van der Waals surface area contributed by atoms with Crippen molar-refractivity contribution in [2.45, 2.75) is 18.7 Å². The predicted octanol–water partition coefficient (Wildman–Crippen LogP) is 4.15. The molecule has 0 aliphatic rings. The minimum atomic E-state index is -0.523. The van der Waals surface area contributed by atoms with E-state index in [-0.39, 0.29) is 12.6 Å². The SMILES string of the molecule is N#C[C@@H](N[C@@H](CO)c1ccccc1)c1ccc(OCc2ccccc2)cc1. The van der Waals surface area contributed by atoms with Gasteiger partial charge in [0.05, 0.1) is 18.7 Å². The van der Waals surface area contributed by atoms with E-state index in [1.54, 1.807) is 0 Å². The molecule has 3 aromatic carbocycles. The van der Waals surface area contributed by atoms with Gasteiger partial charge >= 0.3 is 0 Å². The van der Waals surface area contributed by atoms with Crippen LogP contribution in [-0.4, -0.2) is 11.7 Å². The van der Waals surface area contributed by atoms with Crippen LogP contribution < -0.4 is 10.1 Å². The monoisotopic (exact) mass is 358 g/mol. The van der Waals surface area contributed by atoms with Crippen LogP contribution in [0.25, 0.3) is 0 Å².